The molecule has 29 heavy (non-hydrogen) atoms. The van der Waals surface area contributed by atoms with Crippen LogP contribution in [-0.4, -0.2) is 38.8 Å². The summed E-state index contributed by atoms with van der Waals surface area (Å²) >= 11 is 6.08. The molecule has 0 amide bonds. The molecule has 1 unspecified atom stereocenters. The molecule has 7 nitrogen and oxygen atoms in total. The van der Waals surface area contributed by atoms with E-state index in [2.05, 4.69) is 39.5 Å². The highest BCUT2D eigenvalue weighted by Gasteiger charge is 2.20. The van der Waals surface area contributed by atoms with Crippen molar-refractivity contribution in [3.05, 3.63) is 46.1 Å². The van der Waals surface area contributed by atoms with Crippen molar-refractivity contribution in [2.75, 3.05) is 18.4 Å². The van der Waals surface area contributed by atoms with E-state index in [1.807, 2.05) is 31.3 Å². The zero-order valence-corrected chi connectivity index (χ0v) is 17.8. The molecule has 1 aromatic carbocycles. The van der Waals surface area contributed by atoms with Gasteiger partial charge in [0.05, 0.1) is 6.20 Å². The van der Waals surface area contributed by atoms with Crippen molar-refractivity contribution in [2.45, 2.75) is 52.2 Å². The Kier molecular flexibility index (Phi) is 5.87. The molecule has 4 rings (SSSR count). The first-order valence-electron chi connectivity index (χ1n) is 10.1. The van der Waals surface area contributed by atoms with Gasteiger partial charge in [-0.1, -0.05) is 31.5 Å². The highest BCUT2D eigenvalue weighted by Crippen LogP contribution is 2.24. The number of nitrogens with one attached hydrogen (secondary N) is 2. The highest BCUT2D eigenvalue weighted by molar-refractivity contribution is 6.30. The van der Waals surface area contributed by atoms with Crippen LogP contribution in [0.15, 0.2) is 24.4 Å². The first-order valence-corrected chi connectivity index (χ1v) is 10.5. The molecule has 1 aliphatic rings. The molecule has 8 heteroatoms. The van der Waals surface area contributed by atoms with Crippen LogP contribution in [0.5, 0.6) is 6.01 Å². The molecule has 0 aliphatic carbocycles. The summed E-state index contributed by atoms with van der Waals surface area (Å²) in [5.41, 5.74) is 4.13. The number of ether oxygens (including phenoxy) is 1. The number of hydrogen-bond donors (Lipinski definition) is 2. The third-order valence-electron chi connectivity index (χ3n) is 5.26. The molecule has 1 saturated heterocycles. The maximum Gasteiger partial charge on any atom is 0.322 e. The molecular formula is C21H27ClN6O. The van der Waals surface area contributed by atoms with E-state index in [1.54, 1.807) is 4.52 Å². The number of hydrogen-bond acceptors (Lipinski definition) is 6. The molecule has 0 radical (unpaired) electrons. The summed E-state index contributed by atoms with van der Waals surface area (Å²) in [5.74, 6) is 0.924. The lowest BCUT2D eigenvalue weighted by Crippen LogP contribution is -2.37. The number of rotatable bonds is 6. The topological polar surface area (TPSA) is 76.4 Å². The van der Waals surface area contributed by atoms with Crippen molar-refractivity contribution in [3.8, 4) is 6.01 Å². The van der Waals surface area contributed by atoms with Gasteiger partial charge in [-0.05, 0) is 55.5 Å². The van der Waals surface area contributed by atoms with E-state index in [-0.39, 0.29) is 6.10 Å². The van der Waals surface area contributed by atoms with Crippen LogP contribution in [0.3, 0.4) is 0 Å². The van der Waals surface area contributed by atoms with Gasteiger partial charge >= 0.3 is 6.01 Å². The van der Waals surface area contributed by atoms with Crippen molar-refractivity contribution in [1.29, 1.82) is 0 Å². The van der Waals surface area contributed by atoms with Crippen LogP contribution >= 0.6 is 11.6 Å². The number of piperidine rings is 1. The first kappa shape index (κ1) is 19.9. The lowest BCUT2D eigenvalue weighted by molar-refractivity contribution is 0.153. The Bertz CT molecular complexity index is 996. The quantitative estimate of drug-likeness (QED) is 0.636. The summed E-state index contributed by atoms with van der Waals surface area (Å²) < 4.78 is 7.87. The van der Waals surface area contributed by atoms with Gasteiger partial charge < -0.3 is 15.4 Å². The summed E-state index contributed by atoms with van der Waals surface area (Å²) in [4.78, 5) is 9.31. The Morgan fingerprint density at radius 1 is 1.34 bits per heavy atom. The van der Waals surface area contributed by atoms with Gasteiger partial charge in [0.2, 0.25) is 5.95 Å². The molecule has 2 N–H and O–H groups in total. The summed E-state index contributed by atoms with van der Waals surface area (Å²) in [7, 11) is 0. The van der Waals surface area contributed by atoms with Crippen LogP contribution in [0.1, 0.15) is 49.3 Å². The maximum atomic E-state index is 6.12. The van der Waals surface area contributed by atoms with Crippen LogP contribution in [-0.2, 0) is 6.54 Å². The number of fused-ring (bicyclic) bond motifs is 1. The summed E-state index contributed by atoms with van der Waals surface area (Å²) in [5, 5.41) is 12.0. The van der Waals surface area contributed by atoms with Crippen LogP contribution in [0.2, 0.25) is 5.02 Å². The zero-order valence-electron chi connectivity index (χ0n) is 17.1. The van der Waals surface area contributed by atoms with E-state index >= 15 is 0 Å². The summed E-state index contributed by atoms with van der Waals surface area (Å²) in [6.45, 7) is 8.78. The Morgan fingerprint density at radius 2 is 2.21 bits per heavy atom. The molecule has 1 fully saturated rings. The highest BCUT2D eigenvalue weighted by atomic mass is 35.5. The molecule has 154 valence electrons. The zero-order chi connectivity index (χ0) is 20.4. The average Bonchev–Trinajstić information content (AvgIpc) is 3.12. The number of anilines is 1. The van der Waals surface area contributed by atoms with Crippen LogP contribution < -0.4 is 15.4 Å². The van der Waals surface area contributed by atoms with E-state index in [0.717, 1.165) is 53.3 Å². The van der Waals surface area contributed by atoms with Gasteiger partial charge in [0, 0.05) is 23.7 Å². The smallest absolute Gasteiger partial charge is 0.322 e. The Balaban J connectivity index is 1.65. The predicted octanol–water partition coefficient (Wildman–Crippen LogP) is 3.95. The van der Waals surface area contributed by atoms with Gasteiger partial charge in [0.25, 0.3) is 0 Å². The number of aryl methyl sites for hydroxylation is 1. The van der Waals surface area contributed by atoms with Crippen LogP contribution in [0.4, 0.5) is 5.95 Å². The fraction of sp³-hybridized carbons (Fsp3) is 0.476. The Hall–Kier alpha value is -2.38. The summed E-state index contributed by atoms with van der Waals surface area (Å²) in [6, 6.07) is 6.28. The molecule has 0 saturated carbocycles. The molecule has 1 aliphatic heterocycles. The van der Waals surface area contributed by atoms with Crippen LogP contribution in [0, 0.1) is 6.92 Å². The second-order valence-corrected chi connectivity index (χ2v) is 8.27. The van der Waals surface area contributed by atoms with Crippen molar-refractivity contribution in [1.82, 2.24) is 24.9 Å². The van der Waals surface area contributed by atoms with Gasteiger partial charge in [0.15, 0.2) is 5.65 Å². The van der Waals surface area contributed by atoms with Crippen molar-refractivity contribution < 1.29 is 4.74 Å². The van der Waals surface area contributed by atoms with Crippen LogP contribution in [0.25, 0.3) is 5.65 Å². The molecule has 1 atom stereocenters. The van der Waals surface area contributed by atoms with Gasteiger partial charge in [-0.3, -0.25) is 0 Å². The number of nitrogens with zero attached hydrogens (tertiary/aromatic N) is 4. The van der Waals surface area contributed by atoms with Gasteiger partial charge in [-0.15, -0.1) is 0 Å². The van der Waals surface area contributed by atoms with Crippen molar-refractivity contribution in [2.24, 2.45) is 0 Å². The van der Waals surface area contributed by atoms with E-state index in [1.165, 1.54) is 0 Å². The van der Waals surface area contributed by atoms with E-state index in [0.29, 0.717) is 24.4 Å². The average molecular weight is 415 g/mol. The van der Waals surface area contributed by atoms with Gasteiger partial charge in [-0.2, -0.15) is 19.6 Å². The van der Waals surface area contributed by atoms with Gasteiger partial charge in [-0.25, -0.2) is 0 Å². The third kappa shape index (κ3) is 4.46. The monoisotopic (exact) mass is 414 g/mol. The fourth-order valence-corrected chi connectivity index (χ4v) is 3.78. The standard InChI is InChI=1S/C21H27ClN6O/c1-13(2)18-12-25-28-19(18)26-21(29-17-5-4-8-23-11-17)27-20(28)24-10-15-6-7-16(22)9-14(15)3/h6-7,9,12-13,17,23H,4-5,8,10-11H2,1-3H3,(H,24,26,27). The van der Waals surface area contributed by atoms with E-state index < -0.39 is 0 Å². The predicted molar refractivity (Wildman–Crippen MR) is 115 cm³/mol. The molecule has 0 bridgehead atoms. The SMILES string of the molecule is Cc1cc(Cl)ccc1CNc1nc(OC2CCCNC2)nc2c(C(C)C)cnn12. The Morgan fingerprint density at radius 3 is 2.93 bits per heavy atom. The normalized spacial score (nSPS) is 17.1. The van der Waals surface area contributed by atoms with Gasteiger partial charge in [0.1, 0.15) is 6.10 Å². The largest absolute Gasteiger partial charge is 0.459 e. The number of benzene rings is 1. The third-order valence-corrected chi connectivity index (χ3v) is 5.50. The minimum absolute atomic E-state index is 0.0861. The number of halogens is 1. The minimum Gasteiger partial charge on any atom is -0.459 e. The summed E-state index contributed by atoms with van der Waals surface area (Å²) in [6.07, 6.45) is 4.05. The second kappa shape index (κ2) is 8.55. The van der Waals surface area contributed by atoms with E-state index in [4.69, 9.17) is 16.3 Å². The van der Waals surface area contributed by atoms with Crippen molar-refractivity contribution >= 4 is 23.2 Å². The molecule has 3 heterocycles. The molecule has 3 aromatic rings. The molecule has 0 spiro atoms. The first-order chi connectivity index (χ1) is 14.0. The number of aromatic nitrogens is 4. The van der Waals surface area contributed by atoms with E-state index in [9.17, 15) is 0 Å². The lowest BCUT2D eigenvalue weighted by atomic mass is 10.1. The molecular weight excluding hydrogens is 388 g/mol. The van der Waals surface area contributed by atoms with Crippen molar-refractivity contribution in [3.63, 3.8) is 0 Å². The second-order valence-electron chi connectivity index (χ2n) is 7.83. The fourth-order valence-electron chi connectivity index (χ4n) is 3.55. The minimum atomic E-state index is 0.0861. The maximum absolute atomic E-state index is 6.12. The lowest BCUT2D eigenvalue weighted by Gasteiger charge is -2.23. The Labute approximate surface area is 175 Å². The molecule has 2 aromatic heterocycles.